The second-order valence-corrected chi connectivity index (χ2v) is 7.65. The number of fused-ring (bicyclic) bond motifs is 1. The highest BCUT2D eigenvalue weighted by Crippen LogP contribution is 2.31. The van der Waals surface area contributed by atoms with Crippen molar-refractivity contribution < 1.29 is 4.79 Å². The number of nitrogens with zero attached hydrogens (tertiary/aromatic N) is 2. The Bertz CT molecular complexity index is 903. The van der Waals surface area contributed by atoms with Gasteiger partial charge in [0.1, 0.15) is 5.01 Å². The lowest BCUT2D eigenvalue weighted by Gasteiger charge is -2.26. The van der Waals surface area contributed by atoms with Gasteiger partial charge in [0, 0.05) is 30.0 Å². The third-order valence-corrected chi connectivity index (χ3v) is 5.73. The Morgan fingerprint density at radius 1 is 1.15 bits per heavy atom. The van der Waals surface area contributed by atoms with Crippen molar-refractivity contribution in [2.45, 2.75) is 26.4 Å². The van der Waals surface area contributed by atoms with Crippen molar-refractivity contribution in [1.82, 2.24) is 15.2 Å². The predicted molar refractivity (Wildman–Crippen MR) is 105 cm³/mol. The van der Waals surface area contributed by atoms with Crippen molar-refractivity contribution in [2.24, 2.45) is 0 Å². The first-order chi connectivity index (χ1) is 12.7. The van der Waals surface area contributed by atoms with E-state index >= 15 is 0 Å². The number of amides is 2. The van der Waals surface area contributed by atoms with E-state index in [1.54, 1.807) is 11.3 Å². The molecule has 1 aliphatic rings. The minimum absolute atomic E-state index is 0.00844. The number of rotatable bonds is 3. The Labute approximate surface area is 157 Å². The molecule has 0 fully saturated rings. The predicted octanol–water partition coefficient (Wildman–Crippen LogP) is 4.39. The monoisotopic (exact) mass is 363 g/mol. The van der Waals surface area contributed by atoms with E-state index in [1.165, 1.54) is 10.4 Å². The number of thiazole rings is 1. The van der Waals surface area contributed by atoms with Crippen LogP contribution in [0.25, 0.3) is 10.6 Å². The van der Waals surface area contributed by atoms with E-state index in [0.29, 0.717) is 19.6 Å². The highest BCUT2D eigenvalue weighted by Gasteiger charge is 2.24. The Morgan fingerprint density at radius 2 is 1.92 bits per heavy atom. The van der Waals surface area contributed by atoms with Crippen LogP contribution in [-0.2, 0) is 19.5 Å². The van der Waals surface area contributed by atoms with Gasteiger partial charge in [0.25, 0.3) is 0 Å². The van der Waals surface area contributed by atoms with Gasteiger partial charge < -0.3 is 10.2 Å². The molecule has 4 nitrogen and oxygen atoms in total. The molecule has 0 saturated heterocycles. The Morgan fingerprint density at radius 3 is 2.69 bits per heavy atom. The standard InChI is InChI=1S/C21H21N3OS/c1-15-7-9-16(10-8-15)13-22-21(25)24-12-11-18-19(14-24)26-20(23-18)17-5-3-2-4-6-17/h2-10H,11-14H2,1H3,(H,22,25). The first kappa shape index (κ1) is 16.8. The molecule has 1 aliphatic heterocycles. The van der Waals surface area contributed by atoms with E-state index in [9.17, 15) is 4.79 Å². The normalized spacial score (nSPS) is 13.3. The topological polar surface area (TPSA) is 45.2 Å². The number of nitrogens with one attached hydrogen (secondary N) is 1. The van der Waals surface area contributed by atoms with Crippen molar-refractivity contribution in [1.29, 1.82) is 0 Å². The zero-order valence-electron chi connectivity index (χ0n) is 14.7. The zero-order valence-corrected chi connectivity index (χ0v) is 15.6. The molecular weight excluding hydrogens is 342 g/mol. The van der Waals surface area contributed by atoms with Crippen LogP contribution >= 0.6 is 11.3 Å². The molecule has 0 bridgehead atoms. The summed E-state index contributed by atoms with van der Waals surface area (Å²) in [6, 6.07) is 18.5. The summed E-state index contributed by atoms with van der Waals surface area (Å²) in [6.07, 6.45) is 0.816. The van der Waals surface area contributed by atoms with Gasteiger partial charge in [0.2, 0.25) is 0 Å². The minimum Gasteiger partial charge on any atom is -0.334 e. The molecule has 0 radical (unpaired) electrons. The Balaban J connectivity index is 1.40. The Hall–Kier alpha value is -2.66. The number of hydrogen-bond acceptors (Lipinski definition) is 3. The molecule has 0 unspecified atom stereocenters. The molecular formula is C21H21N3OS. The fourth-order valence-corrected chi connectivity index (χ4v) is 4.20. The summed E-state index contributed by atoms with van der Waals surface area (Å²) in [6.45, 7) is 3.97. The van der Waals surface area contributed by atoms with E-state index in [-0.39, 0.29) is 6.03 Å². The molecule has 2 heterocycles. The summed E-state index contributed by atoms with van der Waals surface area (Å²) >= 11 is 1.69. The molecule has 5 heteroatoms. The molecule has 0 aliphatic carbocycles. The minimum atomic E-state index is -0.00844. The van der Waals surface area contributed by atoms with Gasteiger partial charge in [-0.05, 0) is 12.5 Å². The van der Waals surface area contributed by atoms with Crippen LogP contribution in [0.5, 0.6) is 0 Å². The quantitative estimate of drug-likeness (QED) is 0.750. The maximum absolute atomic E-state index is 12.5. The van der Waals surface area contributed by atoms with Crippen LogP contribution in [0.15, 0.2) is 54.6 Å². The Kier molecular flexibility index (Phi) is 4.71. The lowest BCUT2D eigenvalue weighted by atomic mass is 10.1. The van der Waals surface area contributed by atoms with Crippen LogP contribution in [0.3, 0.4) is 0 Å². The molecule has 132 valence electrons. The van der Waals surface area contributed by atoms with Gasteiger partial charge in [-0.3, -0.25) is 0 Å². The maximum atomic E-state index is 12.5. The molecule has 2 amide bonds. The lowest BCUT2D eigenvalue weighted by molar-refractivity contribution is 0.192. The number of hydrogen-bond donors (Lipinski definition) is 1. The van der Waals surface area contributed by atoms with Gasteiger partial charge in [-0.2, -0.15) is 0 Å². The van der Waals surface area contributed by atoms with Crippen LogP contribution in [0.1, 0.15) is 21.7 Å². The first-order valence-electron chi connectivity index (χ1n) is 8.81. The van der Waals surface area contributed by atoms with E-state index in [4.69, 9.17) is 4.98 Å². The summed E-state index contributed by atoms with van der Waals surface area (Å²) in [4.78, 5) is 20.4. The number of urea groups is 1. The molecule has 0 saturated carbocycles. The fourth-order valence-electron chi connectivity index (χ4n) is 3.07. The van der Waals surface area contributed by atoms with Crippen LogP contribution in [-0.4, -0.2) is 22.5 Å². The van der Waals surface area contributed by atoms with Gasteiger partial charge >= 0.3 is 6.03 Å². The van der Waals surface area contributed by atoms with Gasteiger partial charge in [-0.15, -0.1) is 11.3 Å². The molecule has 2 aromatic carbocycles. The fraction of sp³-hybridized carbons (Fsp3) is 0.238. The number of carbonyl (C=O) groups is 1. The maximum Gasteiger partial charge on any atom is 0.318 e. The van der Waals surface area contributed by atoms with E-state index in [0.717, 1.165) is 28.2 Å². The second-order valence-electron chi connectivity index (χ2n) is 6.57. The zero-order chi connectivity index (χ0) is 17.9. The molecule has 3 aromatic rings. The van der Waals surface area contributed by atoms with E-state index < -0.39 is 0 Å². The van der Waals surface area contributed by atoms with Crippen LogP contribution in [0, 0.1) is 6.92 Å². The SMILES string of the molecule is Cc1ccc(CNC(=O)N2CCc3nc(-c4ccccc4)sc3C2)cc1. The van der Waals surface area contributed by atoms with Gasteiger partial charge in [-0.1, -0.05) is 60.2 Å². The molecule has 0 atom stereocenters. The van der Waals surface area contributed by atoms with Crippen molar-refractivity contribution in [3.8, 4) is 10.6 Å². The van der Waals surface area contributed by atoms with Crippen molar-refractivity contribution in [3.05, 3.63) is 76.3 Å². The highest BCUT2D eigenvalue weighted by atomic mass is 32.1. The molecule has 1 N–H and O–H groups in total. The van der Waals surface area contributed by atoms with Crippen LogP contribution < -0.4 is 5.32 Å². The first-order valence-corrected chi connectivity index (χ1v) is 9.63. The number of benzene rings is 2. The van der Waals surface area contributed by atoms with Gasteiger partial charge in [-0.25, -0.2) is 9.78 Å². The lowest BCUT2D eigenvalue weighted by Crippen LogP contribution is -2.42. The third-order valence-electron chi connectivity index (χ3n) is 4.60. The summed E-state index contributed by atoms with van der Waals surface area (Å²) in [5.74, 6) is 0. The molecule has 26 heavy (non-hydrogen) atoms. The average Bonchev–Trinajstić information content (AvgIpc) is 3.11. The molecule has 4 rings (SSSR count). The van der Waals surface area contributed by atoms with Gasteiger partial charge in [0.05, 0.1) is 12.2 Å². The highest BCUT2D eigenvalue weighted by molar-refractivity contribution is 7.15. The molecule has 1 aromatic heterocycles. The largest absolute Gasteiger partial charge is 0.334 e. The number of aryl methyl sites for hydroxylation is 1. The van der Waals surface area contributed by atoms with E-state index in [2.05, 4.69) is 48.6 Å². The van der Waals surface area contributed by atoms with Crippen LogP contribution in [0.2, 0.25) is 0 Å². The van der Waals surface area contributed by atoms with Gasteiger partial charge in [0.15, 0.2) is 0 Å². The summed E-state index contributed by atoms with van der Waals surface area (Å²) in [5.41, 5.74) is 4.62. The van der Waals surface area contributed by atoms with Crippen molar-refractivity contribution in [2.75, 3.05) is 6.54 Å². The number of aromatic nitrogens is 1. The van der Waals surface area contributed by atoms with Crippen molar-refractivity contribution in [3.63, 3.8) is 0 Å². The van der Waals surface area contributed by atoms with E-state index in [1.807, 2.05) is 23.1 Å². The summed E-state index contributed by atoms with van der Waals surface area (Å²) < 4.78 is 0. The van der Waals surface area contributed by atoms with Crippen molar-refractivity contribution >= 4 is 17.4 Å². The number of carbonyl (C=O) groups excluding carboxylic acids is 1. The second kappa shape index (κ2) is 7.30. The van der Waals surface area contributed by atoms with Crippen LogP contribution in [0.4, 0.5) is 4.79 Å². The molecule has 0 spiro atoms. The third kappa shape index (κ3) is 3.63. The summed E-state index contributed by atoms with van der Waals surface area (Å²) in [5, 5.41) is 4.07. The smallest absolute Gasteiger partial charge is 0.318 e. The average molecular weight is 363 g/mol. The summed E-state index contributed by atoms with van der Waals surface area (Å²) in [7, 11) is 0.